The molecule has 0 aromatic heterocycles. The van der Waals surface area contributed by atoms with Crippen LogP contribution in [0.25, 0.3) is 0 Å². The summed E-state index contributed by atoms with van der Waals surface area (Å²) in [5.74, 6) is -6.13. The van der Waals surface area contributed by atoms with Crippen LogP contribution in [0, 0.1) is 23.4 Å². The summed E-state index contributed by atoms with van der Waals surface area (Å²) in [4.78, 5) is 24.2. The monoisotopic (exact) mass is 302 g/mol. The van der Waals surface area contributed by atoms with Crippen molar-refractivity contribution in [2.45, 2.75) is 19.4 Å². The number of benzene rings is 1. The van der Waals surface area contributed by atoms with E-state index in [1.807, 2.05) is 0 Å². The molecule has 8 heteroatoms. The summed E-state index contributed by atoms with van der Waals surface area (Å²) in [6, 6.07) is 0.0894. The Morgan fingerprint density at radius 1 is 1.29 bits per heavy atom. The minimum atomic E-state index is -1.62. The summed E-state index contributed by atoms with van der Waals surface area (Å²) in [7, 11) is 0. The van der Waals surface area contributed by atoms with Gasteiger partial charge in [0.1, 0.15) is 0 Å². The van der Waals surface area contributed by atoms with Gasteiger partial charge in [0.15, 0.2) is 17.5 Å². The van der Waals surface area contributed by atoms with E-state index in [0.717, 1.165) is 0 Å². The minimum Gasteiger partial charge on any atom is -0.481 e. The molecule has 114 valence electrons. The number of rotatable bonds is 2. The molecule has 1 saturated heterocycles. The second-order valence-corrected chi connectivity index (χ2v) is 4.85. The number of hydrogen-bond donors (Lipinski definition) is 2. The Kier molecular flexibility index (Phi) is 4.06. The average Bonchev–Trinajstić information content (AvgIpc) is 2.77. The third-order valence-corrected chi connectivity index (χ3v) is 3.57. The molecule has 0 saturated carbocycles. The van der Waals surface area contributed by atoms with E-state index >= 15 is 0 Å². The van der Waals surface area contributed by atoms with Crippen molar-refractivity contribution in [3.8, 4) is 0 Å². The first-order chi connectivity index (χ1) is 9.81. The van der Waals surface area contributed by atoms with Crippen LogP contribution in [-0.4, -0.2) is 34.6 Å². The number of anilines is 1. The Bertz CT molecular complexity index is 571. The van der Waals surface area contributed by atoms with E-state index in [1.54, 1.807) is 6.92 Å². The van der Waals surface area contributed by atoms with E-state index in [-0.39, 0.29) is 12.2 Å². The summed E-state index contributed by atoms with van der Waals surface area (Å²) in [5, 5.41) is 11.2. The van der Waals surface area contributed by atoms with Crippen LogP contribution in [0.5, 0.6) is 0 Å². The highest BCUT2D eigenvalue weighted by Crippen LogP contribution is 2.25. The van der Waals surface area contributed by atoms with E-state index in [9.17, 15) is 22.8 Å². The lowest BCUT2D eigenvalue weighted by molar-refractivity contribution is -0.142. The number of hydrogen-bond acceptors (Lipinski definition) is 2. The predicted octanol–water partition coefficient (Wildman–Crippen LogP) is 2.43. The van der Waals surface area contributed by atoms with E-state index in [1.165, 1.54) is 4.90 Å². The molecule has 1 aliphatic heterocycles. The first-order valence-electron chi connectivity index (χ1n) is 6.26. The SMILES string of the molecule is CC1C(C(=O)O)CCN1C(=O)Nc1cc(F)c(F)c(F)c1. The van der Waals surface area contributed by atoms with Gasteiger partial charge in [0.2, 0.25) is 0 Å². The number of nitrogens with one attached hydrogen (secondary N) is 1. The number of carboxylic acid groups (broad SMARTS) is 1. The Morgan fingerprint density at radius 2 is 1.86 bits per heavy atom. The highest BCUT2D eigenvalue weighted by atomic mass is 19.2. The molecule has 2 unspecified atom stereocenters. The van der Waals surface area contributed by atoms with Crippen LogP contribution in [0.3, 0.4) is 0 Å². The lowest BCUT2D eigenvalue weighted by atomic mass is 10.0. The summed E-state index contributed by atoms with van der Waals surface area (Å²) >= 11 is 0. The maximum atomic E-state index is 13.1. The van der Waals surface area contributed by atoms with Crippen molar-refractivity contribution in [1.29, 1.82) is 0 Å². The van der Waals surface area contributed by atoms with Crippen LogP contribution in [0.4, 0.5) is 23.7 Å². The summed E-state index contributed by atoms with van der Waals surface area (Å²) in [5.41, 5.74) is -0.234. The molecule has 2 N–H and O–H groups in total. The fraction of sp³-hybridized carbons (Fsp3) is 0.385. The summed E-state index contributed by atoms with van der Waals surface area (Å²) < 4.78 is 38.9. The highest BCUT2D eigenvalue weighted by molar-refractivity contribution is 5.90. The van der Waals surface area contributed by atoms with Crippen molar-refractivity contribution in [3.63, 3.8) is 0 Å². The van der Waals surface area contributed by atoms with Gasteiger partial charge in [0, 0.05) is 30.4 Å². The Balaban J connectivity index is 2.11. The van der Waals surface area contributed by atoms with Crippen LogP contribution in [0.15, 0.2) is 12.1 Å². The number of urea groups is 1. The number of aliphatic carboxylic acids is 1. The largest absolute Gasteiger partial charge is 0.481 e. The van der Waals surface area contributed by atoms with Crippen molar-refractivity contribution in [2.24, 2.45) is 5.92 Å². The minimum absolute atomic E-state index is 0.218. The van der Waals surface area contributed by atoms with Crippen LogP contribution in [0.1, 0.15) is 13.3 Å². The lowest BCUT2D eigenvalue weighted by Gasteiger charge is -2.23. The zero-order valence-electron chi connectivity index (χ0n) is 11.1. The quantitative estimate of drug-likeness (QED) is 0.824. The third kappa shape index (κ3) is 2.93. The first-order valence-corrected chi connectivity index (χ1v) is 6.26. The third-order valence-electron chi connectivity index (χ3n) is 3.57. The maximum absolute atomic E-state index is 13.1. The molecular weight excluding hydrogens is 289 g/mol. The zero-order chi connectivity index (χ0) is 15.7. The normalized spacial score (nSPS) is 21.4. The predicted molar refractivity (Wildman–Crippen MR) is 67.2 cm³/mol. The van der Waals surface area contributed by atoms with E-state index in [2.05, 4.69) is 5.32 Å². The second kappa shape index (κ2) is 5.63. The van der Waals surface area contributed by atoms with E-state index in [4.69, 9.17) is 5.11 Å². The number of carboxylic acids is 1. The molecule has 5 nitrogen and oxygen atoms in total. The molecule has 2 amide bonds. The highest BCUT2D eigenvalue weighted by Gasteiger charge is 2.38. The number of likely N-dealkylation sites (tertiary alicyclic amines) is 1. The van der Waals surface area contributed by atoms with Gasteiger partial charge in [-0.15, -0.1) is 0 Å². The summed E-state index contributed by atoms with van der Waals surface area (Å²) in [6.07, 6.45) is 0.302. The molecular formula is C13H13F3N2O3. The number of nitrogens with zero attached hydrogens (tertiary/aromatic N) is 1. The Hall–Kier alpha value is -2.25. The molecule has 0 spiro atoms. The van der Waals surface area contributed by atoms with Crippen LogP contribution < -0.4 is 5.32 Å². The van der Waals surface area contributed by atoms with Crippen molar-refractivity contribution in [1.82, 2.24) is 4.90 Å². The molecule has 2 atom stereocenters. The van der Waals surface area contributed by atoms with Crippen molar-refractivity contribution in [3.05, 3.63) is 29.6 Å². The number of halogens is 3. The molecule has 1 heterocycles. The average molecular weight is 302 g/mol. The fourth-order valence-corrected chi connectivity index (χ4v) is 2.38. The molecule has 1 aliphatic rings. The molecule has 2 rings (SSSR count). The standard InChI is InChI=1S/C13H13F3N2O3/c1-6-8(12(19)20)2-3-18(6)13(21)17-7-4-9(14)11(16)10(15)5-7/h4-6,8H,2-3H2,1H3,(H,17,21)(H,19,20). The maximum Gasteiger partial charge on any atom is 0.322 e. The van der Waals surface area contributed by atoms with Crippen LogP contribution in [0.2, 0.25) is 0 Å². The van der Waals surface area contributed by atoms with Gasteiger partial charge in [-0.05, 0) is 13.3 Å². The van der Waals surface area contributed by atoms with Gasteiger partial charge in [-0.2, -0.15) is 0 Å². The van der Waals surface area contributed by atoms with Gasteiger partial charge in [0.05, 0.1) is 5.92 Å². The van der Waals surface area contributed by atoms with Crippen LogP contribution >= 0.6 is 0 Å². The van der Waals surface area contributed by atoms with Gasteiger partial charge in [0.25, 0.3) is 0 Å². The molecule has 0 aliphatic carbocycles. The Morgan fingerprint density at radius 3 is 2.33 bits per heavy atom. The smallest absolute Gasteiger partial charge is 0.322 e. The van der Waals surface area contributed by atoms with Crippen LogP contribution in [-0.2, 0) is 4.79 Å². The van der Waals surface area contributed by atoms with Crippen molar-refractivity contribution < 1.29 is 27.9 Å². The number of carbonyl (C=O) groups excluding carboxylic acids is 1. The fourth-order valence-electron chi connectivity index (χ4n) is 2.38. The molecule has 1 aromatic rings. The molecule has 1 aromatic carbocycles. The Labute approximate surface area is 118 Å². The molecule has 1 fully saturated rings. The molecule has 21 heavy (non-hydrogen) atoms. The lowest BCUT2D eigenvalue weighted by Crippen LogP contribution is -2.40. The summed E-state index contributed by atoms with van der Waals surface area (Å²) in [6.45, 7) is 1.80. The number of amides is 2. The van der Waals surface area contributed by atoms with Gasteiger partial charge in [-0.3, -0.25) is 4.79 Å². The van der Waals surface area contributed by atoms with Gasteiger partial charge in [-0.1, -0.05) is 0 Å². The van der Waals surface area contributed by atoms with Crippen molar-refractivity contribution >= 4 is 17.7 Å². The first kappa shape index (κ1) is 15.1. The molecule has 0 bridgehead atoms. The topological polar surface area (TPSA) is 69.6 Å². The van der Waals surface area contributed by atoms with E-state index in [0.29, 0.717) is 18.6 Å². The van der Waals surface area contributed by atoms with Gasteiger partial charge in [-0.25, -0.2) is 18.0 Å². The van der Waals surface area contributed by atoms with Crippen molar-refractivity contribution in [2.75, 3.05) is 11.9 Å². The second-order valence-electron chi connectivity index (χ2n) is 4.85. The molecule has 0 radical (unpaired) electrons. The van der Waals surface area contributed by atoms with Gasteiger partial charge < -0.3 is 15.3 Å². The van der Waals surface area contributed by atoms with E-state index < -0.39 is 41.4 Å². The zero-order valence-corrected chi connectivity index (χ0v) is 11.1. The van der Waals surface area contributed by atoms with Gasteiger partial charge >= 0.3 is 12.0 Å². The number of carbonyl (C=O) groups is 2.